The van der Waals surface area contributed by atoms with E-state index in [4.69, 9.17) is 11.0 Å². The molecule has 0 saturated heterocycles. The number of furan rings is 1. The lowest BCUT2D eigenvalue weighted by molar-refractivity contribution is 0.671. The lowest BCUT2D eigenvalue weighted by Gasteiger charge is -2.34. The molecule has 3 heteroatoms. The van der Waals surface area contributed by atoms with E-state index in [1.165, 1.54) is 20.7 Å². The normalized spacial score (nSPS) is 11.5. The fourth-order valence-corrected chi connectivity index (χ4v) is 11.0. The van der Waals surface area contributed by atoms with Crippen molar-refractivity contribution in [2.24, 2.45) is 0 Å². The molecule has 0 radical (unpaired) electrons. The Bertz CT molecular complexity index is 1960. The van der Waals surface area contributed by atoms with Crippen molar-refractivity contribution in [3.63, 3.8) is 0 Å². The van der Waals surface area contributed by atoms with E-state index in [-0.39, 0.29) is 0 Å². The van der Waals surface area contributed by atoms with Gasteiger partial charge in [0.25, 0.3) is 0 Å². The molecule has 0 amide bonds. The average Bonchev–Trinajstić information content (AvgIpc) is 3.42. The van der Waals surface area contributed by atoms with Crippen LogP contribution in [0.2, 0.25) is 0 Å². The Hall–Kier alpha value is -5.17. The monoisotopic (exact) mass is 527 g/mol. The van der Waals surface area contributed by atoms with Gasteiger partial charge in [-0.15, -0.1) is 0 Å². The first kappa shape index (κ1) is 23.9. The van der Waals surface area contributed by atoms with Crippen molar-refractivity contribution in [3.05, 3.63) is 163 Å². The number of benzene rings is 6. The van der Waals surface area contributed by atoms with E-state index in [1.807, 2.05) is 30.3 Å². The van der Waals surface area contributed by atoms with Crippen LogP contribution in [0.1, 0.15) is 0 Å². The van der Waals surface area contributed by atoms with Gasteiger partial charge in [0.1, 0.15) is 11.2 Å². The minimum Gasteiger partial charge on any atom is -0.456 e. The molecular formula is C37H25NOSi. The van der Waals surface area contributed by atoms with Gasteiger partial charge in [-0.3, -0.25) is 0 Å². The number of rotatable bonds is 5. The van der Waals surface area contributed by atoms with Gasteiger partial charge in [-0.2, -0.15) is 0 Å². The van der Waals surface area contributed by atoms with E-state index in [9.17, 15) is 0 Å². The average molecular weight is 528 g/mol. The maximum atomic E-state index is 7.35. The summed E-state index contributed by atoms with van der Waals surface area (Å²) < 4.78 is 6.70. The minimum absolute atomic E-state index is 0.647. The van der Waals surface area contributed by atoms with Crippen molar-refractivity contribution >= 4 is 56.4 Å². The molecule has 0 atom stereocenters. The summed E-state index contributed by atoms with van der Waals surface area (Å²) in [7, 11) is -2.85. The maximum absolute atomic E-state index is 7.35. The van der Waals surface area contributed by atoms with Gasteiger partial charge >= 0.3 is 0 Å². The van der Waals surface area contributed by atoms with Crippen molar-refractivity contribution in [3.8, 4) is 11.1 Å². The first-order chi connectivity index (χ1) is 19.8. The topological polar surface area (TPSA) is 17.5 Å². The van der Waals surface area contributed by atoms with Crippen LogP contribution >= 0.6 is 0 Å². The maximum Gasteiger partial charge on any atom is 0.187 e. The van der Waals surface area contributed by atoms with Gasteiger partial charge in [0.15, 0.2) is 13.8 Å². The Balaban J connectivity index is 1.60. The summed E-state index contributed by atoms with van der Waals surface area (Å²) in [5.41, 5.74) is 4.74. The number of hydrogen-bond acceptors (Lipinski definition) is 1. The molecule has 0 unspecified atom stereocenters. The Morgan fingerprint density at radius 1 is 0.500 bits per heavy atom. The van der Waals surface area contributed by atoms with Crippen LogP contribution in [0.4, 0.5) is 5.69 Å². The van der Waals surface area contributed by atoms with Gasteiger partial charge in [-0.25, -0.2) is 4.85 Å². The van der Waals surface area contributed by atoms with Crippen LogP contribution in [0.5, 0.6) is 0 Å². The van der Waals surface area contributed by atoms with E-state index in [0.717, 1.165) is 33.1 Å². The Kier molecular flexibility index (Phi) is 5.89. The number of fused-ring (bicyclic) bond motifs is 3. The number of para-hydroxylation sites is 2. The van der Waals surface area contributed by atoms with Crippen LogP contribution in [0.15, 0.2) is 156 Å². The predicted molar refractivity (Wildman–Crippen MR) is 169 cm³/mol. The molecule has 0 aliphatic carbocycles. The highest BCUT2D eigenvalue weighted by molar-refractivity contribution is 7.20. The standard InChI is InChI=1S/C37H25NOSi/c1-38-29-24-22-27(23-25-29)28-12-10-17-32(26-28)40(30-13-4-2-5-14-30,31-15-6-3-7-16-31)36-21-11-19-34-33-18-8-9-20-35(33)39-37(34)36/h2-26H. The second-order valence-corrected chi connectivity index (χ2v) is 13.8. The van der Waals surface area contributed by atoms with E-state index >= 15 is 0 Å². The molecule has 7 rings (SSSR count). The highest BCUT2D eigenvalue weighted by atomic mass is 28.3. The van der Waals surface area contributed by atoms with Crippen LogP contribution in [-0.4, -0.2) is 8.07 Å². The third-order valence-corrected chi connectivity index (χ3v) is 12.6. The summed E-state index contributed by atoms with van der Waals surface area (Å²) in [5, 5.41) is 7.40. The van der Waals surface area contributed by atoms with Crippen molar-refractivity contribution < 1.29 is 4.42 Å². The van der Waals surface area contributed by atoms with Crippen molar-refractivity contribution in [2.45, 2.75) is 0 Å². The molecule has 0 saturated carbocycles. The zero-order valence-electron chi connectivity index (χ0n) is 21.8. The fraction of sp³-hybridized carbons (Fsp3) is 0. The van der Waals surface area contributed by atoms with Crippen LogP contribution in [-0.2, 0) is 0 Å². The Labute approximate surface area is 234 Å². The van der Waals surface area contributed by atoms with Crippen molar-refractivity contribution in [1.29, 1.82) is 0 Å². The van der Waals surface area contributed by atoms with E-state index in [2.05, 4.69) is 126 Å². The summed E-state index contributed by atoms with van der Waals surface area (Å²) in [5.74, 6) is 0. The van der Waals surface area contributed by atoms with Crippen LogP contribution in [0.25, 0.3) is 37.9 Å². The summed E-state index contributed by atoms with van der Waals surface area (Å²) in [6.45, 7) is 7.35. The molecule has 0 bridgehead atoms. The number of nitrogens with zero attached hydrogens (tertiary/aromatic N) is 1. The molecule has 188 valence electrons. The van der Waals surface area contributed by atoms with Gasteiger partial charge in [-0.05, 0) is 37.9 Å². The minimum atomic E-state index is -2.85. The van der Waals surface area contributed by atoms with Crippen molar-refractivity contribution in [1.82, 2.24) is 0 Å². The smallest absolute Gasteiger partial charge is 0.187 e. The van der Waals surface area contributed by atoms with Crippen LogP contribution < -0.4 is 20.7 Å². The molecule has 0 aliphatic heterocycles. The van der Waals surface area contributed by atoms with E-state index < -0.39 is 8.07 Å². The van der Waals surface area contributed by atoms with Crippen LogP contribution in [0, 0.1) is 6.57 Å². The molecule has 1 aromatic heterocycles. The predicted octanol–water partition coefficient (Wildman–Crippen LogP) is 7.18. The second-order valence-electron chi connectivity index (χ2n) is 10.0. The third kappa shape index (κ3) is 3.78. The highest BCUT2D eigenvalue weighted by Crippen LogP contribution is 2.29. The zero-order valence-corrected chi connectivity index (χ0v) is 22.8. The molecule has 0 spiro atoms. The molecule has 2 nitrogen and oxygen atoms in total. The highest BCUT2D eigenvalue weighted by Gasteiger charge is 2.43. The molecule has 1 heterocycles. The first-order valence-corrected chi connectivity index (χ1v) is 15.4. The Morgan fingerprint density at radius 3 is 1.80 bits per heavy atom. The van der Waals surface area contributed by atoms with Gasteiger partial charge in [-0.1, -0.05) is 146 Å². The van der Waals surface area contributed by atoms with Crippen LogP contribution in [0.3, 0.4) is 0 Å². The second kappa shape index (κ2) is 9.85. The van der Waals surface area contributed by atoms with E-state index in [0.29, 0.717) is 5.69 Å². The SMILES string of the molecule is [C-]#[N+]c1ccc(-c2cccc([Si](c3ccccc3)(c3ccccc3)c3cccc4c3oc3ccccc34)c2)cc1. The molecule has 0 aliphatic rings. The lowest BCUT2D eigenvalue weighted by atomic mass is 10.1. The molecule has 0 N–H and O–H groups in total. The lowest BCUT2D eigenvalue weighted by Crippen LogP contribution is -2.74. The molecule has 6 aromatic carbocycles. The Morgan fingerprint density at radius 2 is 1.10 bits per heavy atom. The van der Waals surface area contributed by atoms with Gasteiger partial charge in [0, 0.05) is 10.8 Å². The summed E-state index contributed by atoms with van der Waals surface area (Å²) in [4.78, 5) is 3.57. The largest absolute Gasteiger partial charge is 0.456 e. The quantitative estimate of drug-likeness (QED) is 0.132. The molecular weight excluding hydrogens is 502 g/mol. The fourth-order valence-electron chi connectivity index (χ4n) is 6.05. The third-order valence-electron chi connectivity index (χ3n) is 7.85. The first-order valence-electron chi connectivity index (χ1n) is 13.4. The van der Waals surface area contributed by atoms with Gasteiger partial charge in [0.05, 0.1) is 6.57 Å². The van der Waals surface area contributed by atoms with E-state index in [1.54, 1.807) is 0 Å². The number of hydrogen-bond donors (Lipinski definition) is 0. The van der Waals surface area contributed by atoms with Gasteiger partial charge < -0.3 is 4.42 Å². The zero-order chi connectivity index (χ0) is 26.9. The summed E-state index contributed by atoms with van der Waals surface area (Å²) >= 11 is 0. The van der Waals surface area contributed by atoms with Gasteiger partial charge in [0.2, 0.25) is 0 Å². The summed E-state index contributed by atoms with van der Waals surface area (Å²) in [6, 6.07) is 53.6. The molecule has 0 fully saturated rings. The van der Waals surface area contributed by atoms with Crippen molar-refractivity contribution in [2.75, 3.05) is 0 Å². The molecule has 40 heavy (non-hydrogen) atoms. The molecule has 7 aromatic rings. The summed E-state index contributed by atoms with van der Waals surface area (Å²) in [6.07, 6.45) is 0.